The number of carboxylic acids is 1. The first-order chi connectivity index (χ1) is 18.9. The molecule has 1 aromatic carbocycles. The molecule has 1 N–H and O–H groups in total. The van der Waals surface area contributed by atoms with Gasteiger partial charge >= 0.3 is 5.97 Å². The van der Waals surface area contributed by atoms with E-state index in [9.17, 15) is 19.5 Å². The number of hydroxylamine groups is 2. The Morgan fingerprint density at radius 2 is 2.00 bits per heavy atom. The van der Waals surface area contributed by atoms with Crippen molar-refractivity contribution in [2.45, 2.75) is 51.6 Å². The predicted molar refractivity (Wildman–Crippen MR) is 142 cm³/mol. The minimum Gasteiger partial charge on any atom is -0.493 e. The molecular formula is C28H37N3O8. The zero-order valence-electron chi connectivity index (χ0n) is 22.7. The molecule has 4 rings (SSSR count). The SMILES string of the molecule is CCCON(CCC)C(=O)CN1CC(c2cc(OC)c3c(c2)OCO3)C(C(=O)O)C1CCn1ccccc1=O. The molecule has 11 nitrogen and oxygen atoms in total. The number of aliphatic carboxylic acids is 1. The summed E-state index contributed by atoms with van der Waals surface area (Å²) in [5, 5.41) is 11.8. The minimum absolute atomic E-state index is 0.0000359. The Labute approximate surface area is 227 Å². The second kappa shape index (κ2) is 13.0. The van der Waals surface area contributed by atoms with Crippen molar-refractivity contribution in [3.05, 3.63) is 52.4 Å². The molecule has 3 atom stereocenters. The fourth-order valence-corrected chi connectivity index (χ4v) is 5.39. The Balaban J connectivity index is 1.66. The summed E-state index contributed by atoms with van der Waals surface area (Å²) < 4.78 is 18.2. The lowest BCUT2D eigenvalue weighted by Crippen LogP contribution is -2.45. The molecule has 0 radical (unpaired) electrons. The van der Waals surface area contributed by atoms with E-state index in [-0.39, 0.29) is 24.8 Å². The number of benzene rings is 1. The number of likely N-dealkylation sites (tertiary alicyclic amines) is 1. The summed E-state index contributed by atoms with van der Waals surface area (Å²) in [5.41, 5.74) is 0.567. The van der Waals surface area contributed by atoms with Crippen LogP contribution in [0.15, 0.2) is 41.3 Å². The third-order valence-corrected chi connectivity index (χ3v) is 7.20. The number of methoxy groups -OCH3 is 1. The molecule has 1 saturated heterocycles. The van der Waals surface area contributed by atoms with E-state index in [0.29, 0.717) is 49.9 Å². The van der Waals surface area contributed by atoms with Crippen LogP contribution in [0.5, 0.6) is 17.2 Å². The van der Waals surface area contributed by atoms with Crippen molar-refractivity contribution in [1.82, 2.24) is 14.5 Å². The van der Waals surface area contributed by atoms with E-state index in [4.69, 9.17) is 19.0 Å². The van der Waals surface area contributed by atoms with Crippen molar-refractivity contribution in [3.63, 3.8) is 0 Å². The van der Waals surface area contributed by atoms with Gasteiger partial charge in [-0.1, -0.05) is 19.9 Å². The lowest BCUT2D eigenvalue weighted by molar-refractivity contribution is -0.188. The van der Waals surface area contributed by atoms with Crippen molar-refractivity contribution >= 4 is 11.9 Å². The molecule has 2 aromatic rings. The molecule has 212 valence electrons. The zero-order chi connectivity index (χ0) is 27.9. The van der Waals surface area contributed by atoms with Gasteiger partial charge in [-0.3, -0.25) is 24.1 Å². The molecule has 2 aliphatic heterocycles. The van der Waals surface area contributed by atoms with E-state index in [1.165, 1.54) is 18.2 Å². The molecule has 0 spiro atoms. The first-order valence-electron chi connectivity index (χ1n) is 13.4. The van der Waals surface area contributed by atoms with Crippen molar-refractivity contribution in [3.8, 4) is 17.2 Å². The Bertz CT molecular complexity index is 1220. The highest BCUT2D eigenvalue weighted by molar-refractivity contribution is 5.78. The van der Waals surface area contributed by atoms with E-state index in [2.05, 4.69) is 0 Å². The lowest BCUT2D eigenvalue weighted by Gasteiger charge is -2.29. The second-order valence-electron chi connectivity index (χ2n) is 9.77. The number of pyridine rings is 1. The highest BCUT2D eigenvalue weighted by Gasteiger charge is 2.47. The number of rotatable bonds is 13. The van der Waals surface area contributed by atoms with Gasteiger partial charge in [0.1, 0.15) is 0 Å². The van der Waals surface area contributed by atoms with Gasteiger partial charge in [0.2, 0.25) is 18.1 Å². The Kier molecular flexibility index (Phi) is 9.47. The fourth-order valence-electron chi connectivity index (χ4n) is 5.39. The summed E-state index contributed by atoms with van der Waals surface area (Å²) in [6, 6.07) is 7.98. The minimum atomic E-state index is -0.968. The molecule has 1 fully saturated rings. The highest BCUT2D eigenvalue weighted by atomic mass is 16.7. The molecular weight excluding hydrogens is 506 g/mol. The van der Waals surface area contributed by atoms with Gasteiger partial charge < -0.3 is 23.9 Å². The molecule has 2 aliphatic rings. The van der Waals surface area contributed by atoms with Crippen LogP contribution in [-0.2, 0) is 21.0 Å². The standard InChI is InChI=1S/C28H37N3O8/c1-4-10-31(39-13-5-2)25(33)17-30-16-20(19-14-22(36-3)27-23(15-19)37-18-38-27)26(28(34)35)21(30)9-12-29-11-7-6-8-24(29)32/h6-8,11,14-15,20-21,26H,4-5,9-10,12-13,16-18H2,1-3H3,(H,34,35). The van der Waals surface area contributed by atoms with E-state index in [1.807, 2.05) is 18.7 Å². The van der Waals surface area contributed by atoms with Crippen molar-refractivity contribution in [1.29, 1.82) is 0 Å². The van der Waals surface area contributed by atoms with Crippen LogP contribution in [0.3, 0.4) is 0 Å². The molecule has 0 bridgehead atoms. The summed E-state index contributed by atoms with van der Waals surface area (Å²) in [4.78, 5) is 46.1. The largest absolute Gasteiger partial charge is 0.493 e. The summed E-state index contributed by atoms with van der Waals surface area (Å²) in [6.45, 7) is 5.51. The summed E-state index contributed by atoms with van der Waals surface area (Å²) in [5.74, 6) is -1.03. The van der Waals surface area contributed by atoms with Crippen LogP contribution in [0.1, 0.15) is 44.6 Å². The quantitative estimate of drug-likeness (QED) is 0.380. The van der Waals surface area contributed by atoms with Crippen LogP contribution in [0.2, 0.25) is 0 Å². The van der Waals surface area contributed by atoms with Crippen LogP contribution in [0, 0.1) is 5.92 Å². The van der Waals surface area contributed by atoms with E-state index in [0.717, 1.165) is 18.4 Å². The lowest BCUT2D eigenvalue weighted by atomic mass is 9.84. The van der Waals surface area contributed by atoms with Gasteiger partial charge in [-0.2, -0.15) is 0 Å². The van der Waals surface area contributed by atoms with E-state index < -0.39 is 23.8 Å². The van der Waals surface area contributed by atoms with Crippen LogP contribution in [-0.4, -0.2) is 77.7 Å². The maximum atomic E-state index is 13.3. The summed E-state index contributed by atoms with van der Waals surface area (Å²) in [7, 11) is 1.52. The van der Waals surface area contributed by atoms with Gasteiger partial charge in [0.25, 0.3) is 5.91 Å². The highest BCUT2D eigenvalue weighted by Crippen LogP contribution is 2.47. The third kappa shape index (κ3) is 6.36. The van der Waals surface area contributed by atoms with Crippen molar-refractivity contribution in [2.75, 3.05) is 40.1 Å². The van der Waals surface area contributed by atoms with Gasteiger partial charge in [-0.05, 0) is 43.0 Å². The number of amides is 1. The Morgan fingerprint density at radius 1 is 1.18 bits per heavy atom. The number of nitrogens with zero attached hydrogens (tertiary/aromatic N) is 3. The number of carboxylic acid groups (broad SMARTS) is 1. The van der Waals surface area contributed by atoms with Crippen LogP contribution in [0.25, 0.3) is 0 Å². The molecule has 0 aliphatic carbocycles. The molecule has 11 heteroatoms. The van der Waals surface area contributed by atoms with Gasteiger partial charge in [0.05, 0.1) is 26.2 Å². The van der Waals surface area contributed by atoms with Crippen LogP contribution in [0.4, 0.5) is 0 Å². The van der Waals surface area contributed by atoms with Crippen molar-refractivity contribution < 1.29 is 33.7 Å². The number of aromatic nitrogens is 1. The number of fused-ring (bicyclic) bond motifs is 1. The molecule has 0 saturated carbocycles. The van der Waals surface area contributed by atoms with E-state index >= 15 is 0 Å². The first-order valence-corrected chi connectivity index (χ1v) is 13.4. The van der Waals surface area contributed by atoms with Crippen LogP contribution >= 0.6 is 0 Å². The number of carbonyl (C=O) groups excluding carboxylic acids is 1. The van der Waals surface area contributed by atoms with Crippen molar-refractivity contribution in [2.24, 2.45) is 5.92 Å². The average Bonchev–Trinajstić information content (AvgIpc) is 3.54. The zero-order valence-corrected chi connectivity index (χ0v) is 22.7. The van der Waals surface area contributed by atoms with Gasteiger partial charge in [-0.25, -0.2) is 5.06 Å². The van der Waals surface area contributed by atoms with Crippen LogP contribution < -0.4 is 19.8 Å². The predicted octanol–water partition coefficient (Wildman–Crippen LogP) is 2.72. The molecule has 3 heterocycles. The number of aryl methyl sites for hydroxylation is 1. The monoisotopic (exact) mass is 543 g/mol. The molecule has 1 amide bonds. The van der Waals surface area contributed by atoms with Gasteiger partial charge in [0.15, 0.2) is 11.5 Å². The van der Waals surface area contributed by atoms with Gasteiger partial charge in [-0.15, -0.1) is 0 Å². The number of carbonyl (C=O) groups is 2. The Hall–Kier alpha value is -3.57. The average molecular weight is 544 g/mol. The number of hydrogen-bond acceptors (Lipinski definition) is 8. The Morgan fingerprint density at radius 3 is 2.69 bits per heavy atom. The summed E-state index contributed by atoms with van der Waals surface area (Å²) >= 11 is 0. The maximum Gasteiger partial charge on any atom is 0.308 e. The second-order valence-corrected chi connectivity index (χ2v) is 9.77. The first kappa shape index (κ1) is 28.4. The topological polar surface area (TPSA) is 120 Å². The fraction of sp³-hybridized carbons (Fsp3) is 0.536. The molecule has 3 unspecified atom stereocenters. The summed E-state index contributed by atoms with van der Waals surface area (Å²) in [6.07, 6.45) is 3.55. The molecule has 39 heavy (non-hydrogen) atoms. The maximum absolute atomic E-state index is 13.3. The number of ether oxygens (including phenoxy) is 3. The smallest absolute Gasteiger partial charge is 0.308 e. The molecule has 1 aromatic heterocycles. The van der Waals surface area contributed by atoms with E-state index in [1.54, 1.807) is 35.0 Å². The third-order valence-electron chi connectivity index (χ3n) is 7.20. The van der Waals surface area contributed by atoms with Gasteiger partial charge in [0, 0.05) is 43.9 Å². The number of hydrogen-bond donors (Lipinski definition) is 1. The normalized spacial score (nSPS) is 20.2.